The van der Waals surface area contributed by atoms with E-state index in [1.807, 2.05) is 0 Å². The number of nitrogens with zero attached hydrogens (tertiary/aromatic N) is 1. The lowest BCUT2D eigenvalue weighted by atomic mass is 10.1. The Hall–Kier alpha value is -2.20. The molecule has 2 amide bonds. The normalized spacial score (nSPS) is 10.0. The lowest BCUT2D eigenvalue weighted by molar-refractivity contribution is 0.0828. The lowest BCUT2D eigenvalue weighted by Crippen LogP contribution is -2.35. The molecule has 6 nitrogen and oxygen atoms in total. The van der Waals surface area contributed by atoms with Gasteiger partial charge >= 0.3 is 0 Å². The molecule has 0 aliphatic heterocycles. The minimum Gasteiger partial charge on any atom is -0.496 e. The van der Waals surface area contributed by atoms with Gasteiger partial charge in [-0.3, -0.25) is 14.9 Å². The van der Waals surface area contributed by atoms with E-state index in [1.165, 1.54) is 4.90 Å². The third-order valence-electron chi connectivity index (χ3n) is 3.45. The van der Waals surface area contributed by atoms with Crippen LogP contribution in [-0.2, 0) is 0 Å². The van der Waals surface area contributed by atoms with Gasteiger partial charge in [0.2, 0.25) is 0 Å². The molecule has 0 heterocycles. The van der Waals surface area contributed by atoms with Gasteiger partial charge in [-0.25, -0.2) is 0 Å². The molecule has 0 aromatic heterocycles. The molecule has 2 aromatic carbocycles. The van der Waals surface area contributed by atoms with Gasteiger partial charge in [0.05, 0.1) is 21.9 Å². The molecule has 2 aromatic rings. The Morgan fingerprint density at radius 1 is 1.15 bits per heavy atom. The first-order valence-corrected chi connectivity index (χ1v) is 9.08. The maximum absolute atomic E-state index is 12.4. The topological polar surface area (TPSA) is 70.7 Å². The van der Waals surface area contributed by atoms with Crippen LogP contribution in [0.1, 0.15) is 20.7 Å². The van der Waals surface area contributed by atoms with Crippen LogP contribution in [0.5, 0.6) is 5.75 Å². The molecule has 8 heteroatoms. The fourth-order valence-electron chi connectivity index (χ4n) is 2.16. The predicted molar refractivity (Wildman–Crippen MR) is 114 cm³/mol. The van der Waals surface area contributed by atoms with Gasteiger partial charge in [0.15, 0.2) is 5.11 Å². The summed E-state index contributed by atoms with van der Waals surface area (Å²) in [6.07, 6.45) is 0. The Labute approximate surface area is 171 Å². The third-order valence-corrected chi connectivity index (χ3v) is 4.50. The molecule has 0 aliphatic carbocycles. The second kappa shape index (κ2) is 8.95. The van der Waals surface area contributed by atoms with Crippen molar-refractivity contribution in [1.29, 1.82) is 0 Å². The number of anilines is 1. The number of para-hydroxylation sites is 1. The van der Waals surface area contributed by atoms with Gasteiger partial charge in [0, 0.05) is 19.7 Å². The van der Waals surface area contributed by atoms with Crippen molar-refractivity contribution in [3.63, 3.8) is 0 Å². The van der Waals surface area contributed by atoms with Crippen LogP contribution in [-0.4, -0.2) is 43.0 Å². The molecule has 0 bridgehead atoms. The highest BCUT2D eigenvalue weighted by Gasteiger charge is 2.15. The molecule has 2 rings (SSSR count). The molecule has 26 heavy (non-hydrogen) atoms. The molecule has 136 valence electrons. The van der Waals surface area contributed by atoms with Crippen LogP contribution in [0.2, 0.25) is 0 Å². The van der Waals surface area contributed by atoms with E-state index in [4.69, 9.17) is 17.0 Å². The molecular weight excluding hydrogens is 465 g/mol. The standard InChI is InChI=1S/C18H18IN3O3S/c1-22(2)17(24)12-6-4-5-7-14(12)20-18(26)21-16(23)11-8-9-15(25-3)13(19)10-11/h4-10H,1-3H3,(H2,20,21,23,26). The second-order valence-corrected chi connectivity index (χ2v) is 7.07. The van der Waals surface area contributed by atoms with E-state index in [2.05, 4.69) is 33.2 Å². The van der Waals surface area contributed by atoms with Crippen LogP contribution in [0.25, 0.3) is 0 Å². The van der Waals surface area contributed by atoms with Crippen molar-refractivity contribution in [2.75, 3.05) is 26.5 Å². The summed E-state index contributed by atoms with van der Waals surface area (Å²) in [7, 11) is 4.91. The van der Waals surface area contributed by atoms with Crippen molar-refractivity contribution in [3.8, 4) is 5.75 Å². The Bertz CT molecular complexity index is 855. The van der Waals surface area contributed by atoms with Crippen LogP contribution in [0.15, 0.2) is 42.5 Å². The number of hydrogen-bond acceptors (Lipinski definition) is 4. The monoisotopic (exact) mass is 483 g/mol. The molecule has 0 aliphatic rings. The maximum Gasteiger partial charge on any atom is 0.257 e. The molecule has 0 radical (unpaired) electrons. The van der Waals surface area contributed by atoms with Crippen LogP contribution in [0, 0.1) is 3.57 Å². The van der Waals surface area contributed by atoms with Gasteiger partial charge in [-0.1, -0.05) is 12.1 Å². The average molecular weight is 483 g/mol. The Balaban J connectivity index is 2.11. The van der Waals surface area contributed by atoms with Crippen molar-refractivity contribution >= 4 is 57.4 Å². The van der Waals surface area contributed by atoms with Crippen LogP contribution in [0.3, 0.4) is 0 Å². The summed E-state index contributed by atoms with van der Waals surface area (Å²) in [5.41, 5.74) is 1.45. The SMILES string of the molecule is COc1ccc(C(=O)NC(=S)Nc2ccccc2C(=O)N(C)C)cc1I. The van der Waals surface area contributed by atoms with E-state index < -0.39 is 0 Å². The molecule has 0 fully saturated rings. The minimum absolute atomic E-state index is 0.111. The number of methoxy groups -OCH3 is 1. The Kier molecular flexibility index (Phi) is 6.92. The third kappa shape index (κ3) is 4.92. The first-order chi connectivity index (χ1) is 12.3. The number of benzene rings is 2. The lowest BCUT2D eigenvalue weighted by Gasteiger charge is -2.16. The highest BCUT2D eigenvalue weighted by Crippen LogP contribution is 2.21. The number of ether oxygens (including phenoxy) is 1. The zero-order valence-electron chi connectivity index (χ0n) is 14.5. The maximum atomic E-state index is 12.4. The van der Waals surface area contributed by atoms with E-state index in [0.717, 1.165) is 3.57 Å². The highest BCUT2D eigenvalue weighted by atomic mass is 127. The highest BCUT2D eigenvalue weighted by molar-refractivity contribution is 14.1. The van der Waals surface area contributed by atoms with Gasteiger partial charge in [-0.05, 0) is 65.1 Å². The fourth-order valence-corrected chi connectivity index (χ4v) is 3.09. The number of nitrogens with one attached hydrogen (secondary N) is 2. The van der Waals surface area contributed by atoms with Crippen molar-refractivity contribution in [2.45, 2.75) is 0 Å². The fraction of sp³-hybridized carbons (Fsp3) is 0.167. The van der Waals surface area contributed by atoms with E-state index >= 15 is 0 Å². The number of amides is 2. The number of thiocarbonyl (C=S) groups is 1. The summed E-state index contributed by atoms with van der Waals surface area (Å²) >= 11 is 7.30. The van der Waals surface area contributed by atoms with Crippen molar-refractivity contribution in [1.82, 2.24) is 10.2 Å². The summed E-state index contributed by atoms with van der Waals surface area (Å²) in [5, 5.41) is 5.64. The first kappa shape index (κ1) is 20.1. The molecule has 2 N–H and O–H groups in total. The number of hydrogen-bond donors (Lipinski definition) is 2. The predicted octanol–water partition coefficient (Wildman–Crippen LogP) is 3.13. The van der Waals surface area contributed by atoms with Gasteiger partial charge in [-0.2, -0.15) is 0 Å². The minimum atomic E-state index is -0.348. The summed E-state index contributed by atoms with van der Waals surface area (Å²) < 4.78 is 6.00. The summed E-state index contributed by atoms with van der Waals surface area (Å²) in [6.45, 7) is 0. The number of carbonyl (C=O) groups excluding carboxylic acids is 2. The zero-order valence-corrected chi connectivity index (χ0v) is 17.5. The molecule has 0 saturated carbocycles. The van der Waals surface area contributed by atoms with Crippen molar-refractivity contribution < 1.29 is 14.3 Å². The van der Waals surface area contributed by atoms with E-state index in [9.17, 15) is 9.59 Å². The summed E-state index contributed by atoms with van der Waals surface area (Å²) in [5.74, 6) is 0.186. The van der Waals surface area contributed by atoms with Gasteiger partial charge in [-0.15, -0.1) is 0 Å². The summed E-state index contributed by atoms with van der Waals surface area (Å²) in [6, 6.07) is 12.1. The van der Waals surface area contributed by atoms with E-state index in [-0.39, 0.29) is 16.9 Å². The van der Waals surface area contributed by atoms with Gasteiger partial charge in [0.1, 0.15) is 5.75 Å². The zero-order chi connectivity index (χ0) is 19.3. The largest absolute Gasteiger partial charge is 0.496 e. The number of rotatable bonds is 4. The number of carbonyl (C=O) groups is 2. The molecule has 0 atom stereocenters. The quantitative estimate of drug-likeness (QED) is 0.517. The number of halogens is 1. The summed E-state index contributed by atoms with van der Waals surface area (Å²) in [4.78, 5) is 26.1. The average Bonchev–Trinajstić information content (AvgIpc) is 2.61. The Morgan fingerprint density at radius 3 is 2.46 bits per heavy atom. The van der Waals surface area contributed by atoms with E-state index in [0.29, 0.717) is 22.6 Å². The van der Waals surface area contributed by atoms with Crippen molar-refractivity contribution in [3.05, 3.63) is 57.2 Å². The molecular formula is C18H18IN3O3S. The van der Waals surface area contributed by atoms with Crippen molar-refractivity contribution in [2.24, 2.45) is 0 Å². The second-order valence-electron chi connectivity index (χ2n) is 5.50. The first-order valence-electron chi connectivity index (χ1n) is 7.60. The van der Waals surface area contributed by atoms with Crippen LogP contribution < -0.4 is 15.4 Å². The molecule has 0 saturated heterocycles. The smallest absolute Gasteiger partial charge is 0.257 e. The van der Waals surface area contributed by atoms with Gasteiger partial charge in [0.25, 0.3) is 11.8 Å². The molecule has 0 spiro atoms. The van der Waals surface area contributed by atoms with Crippen LogP contribution in [0.4, 0.5) is 5.69 Å². The van der Waals surface area contributed by atoms with Gasteiger partial charge < -0.3 is 15.0 Å². The van der Waals surface area contributed by atoms with E-state index in [1.54, 1.807) is 63.7 Å². The Morgan fingerprint density at radius 2 is 1.85 bits per heavy atom. The molecule has 0 unspecified atom stereocenters. The van der Waals surface area contributed by atoms with Crippen LogP contribution >= 0.6 is 34.8 Å².